The van der Waals surface area contributed by atoms with Crippen LogP contribution in [0.3, 0.4) is 0 Å². The van der Waals surface area contributed by atoms with Crippen LogP contribution < -0.4 is 20.1 Å². The van der Waals surface area contributed by atoms with Crippen molar-refractivity contribution in [3.8, 4) is 11.5 Å². The minimum atomic E-state index is -0.576. The van der Waals surface area contributed by atoms with Crippen LogP contribution in [0.5, 0.6) is 11.5 Å². The van der Waals surface area contributed by atoms with Gasteiger partial charge in [0.2, 0.25) is 5.91 Å². The van der Waals surface area contributed by atoms with Gasteiger partial charge in [0.1, 0.15) is 24.2 Å². The number of β-amino-alcohol motifs (C(OH)–C–C–N with tert-alkyl or cyclic N) is 1. The summed E-state index contributed by atoms with van der Waals surface area (Å²) in [6.07, 6.45) is -0.364. The van der Waals surface area contributed by atoms with Gasteiger partial charge in [0.05, 0.1) is 19.2 Å². The van der Waals surface area contributed by atoms with E-state index in [9.17, 15) is 9.90 Å². The van der Waals surface area contributed by atoms with Crippen molar-refractivity contribution in [3.63, 3.8) is 0 Å². The number of methoxy groups -OCH3 is 1. The highest BCUT2D eigenvalue weighted by Crippen LogP contribution is 2.28. The fraction of sp³-hybridized carbons (Fsp3) is 0.435. The Morgan fingerprint density at radius 3 is 2.53 bits per heavy atom. The highest BCUT2D eigenvalue weighted by atomic mass is 16.5. The number of aryl methyl sites for hydroxylation is 1. The van der Waals surface area contributed by atoms with Crippen molar-refractivity contribution in [2.24, 2.45) is 5.73 Å². The molecule has 0 aliphatic carbocycles. The first-order chi connectivity index (χ1) is 14.5. The third kappa shape index (κ3) is 5.87. The summed E-state index contributed by atoms with van der Waals surface area (Å²) in [6, 6.07) is 13.6. The molecule has 3 N–H and O–H groups in total. The molecule has 7 nitrogen and oxygen atoms in total. The largest absolute Gasteiger partial charge is 0.495 e. The molecule has 0 bridgehead atoms. The molecule has 1 amide bonds. The van der Waals surface area contributed by atoms with E-state index in [4.69, 9.17) is 15.2 Å². The molecule has 162 valence electrons. The Kier molecular flexibility index (Phi) is 7.54. The number of carbonyl (C=O) groups is 1. The first-order valence-corrected chi connectivity index (χ1v) is 10.2. The van der Waals surface area contributed by atoms with Gasteiger partial charge < -0.3 is 25.2 Å². The summed E-state index contributed by atoms with van der Waals surface area (Å²) in [5.41, 5.74) is 8.13. The molecule has 7 heteroatoms. The predicted molar refractivity (Wildman–Crippen MR) is 117 cm³/mol. The van der Waals surface area contributed by atoms with Gasteiger partial charge in [0.25, 0.3) is 0 Å². The Bertz CT molecular complexity index is 850. The number of benzene rings is 2. The molecule has 0 saturated carbocycles. The van der Waals surface area contributed by atoms with Crippen molar-refractivity contribution in [3.05, 3.63) is 53.6 Å². The molecule has 30 heavy (non-hydrogen) atoms. The Labute approximate surface area is 178 Å². The van der Waals surface area contributed by atoms with E-state index in [-0.39, 0.29) is 18.9 Å². The Hall–Kier alpha value is -2.77. The summed E-state index contributed by atoms with van der Waals surface area (Å²) in [4.78, 5) is 15.6. The van der Waals surface area contributed by atoms with E-state index >= 15 is 0 Å². The molecule has 1 aliphatic heterocycles. The third-order valence-corrected chi connectivity index (χ3v) is 5.32. The van der Waals surface area contributed by atoms with Gasteiger partial charge in [0.15, 0.2) is 0 Å². The van der Waals surface area contributed by atoms with E-state index in [1.165, 1.54) is 0 Å². The number of carbonyl (C=O) groups excluding carboxylic acids is 1. The Morgan fingerprint density at radius 1 is 1.13 bits per heavy atom. The highest BCUT2D eigenvalue weighted by molar-refractivity contribution is 5.76. The second kappa shape index (κ2) is 10.3. The van der Waals surface area contributed by atoms with Gasteiger partial charge >= 0.3 is 0 Å². The van der Waals surface area contributed by atoms with Crippen LogP contribution in [0.1, 0.15) is 11.1 Å². The first kappa shape index (κ1) is 21.9. The Balaban J connectivity index is 1.45. The van der Waals surface area contributed by atoms with Crippen molar-refractivity contribution in [2.45, 2.75) is 19.4 Å². The zero-order chi connectivity index (χ0) is 21.5. The molecule has 0 radical (unpaired) electrons. The van der Waals surface area contributed by atoms with E-state index in [0.29, 0.717) is 12.3 Å². The number of aliphatic hydroxyl groups excluding tert-OH is 1. The number of rotatable bonds is 9. The number of nitrogens with zero attached hydrogens (tertiary/aromatic N) is 2. The van der Waals surface area contributed by atoms with Crippen molar-refractivity contribution >= 4 is 11.6 Å². The van der Waals surface area contributed by atoms with Gasteiger partial charge in [-0.1, -0.05) is 24.3 Å². The fourth-order valence-electron chi connectivity index (χ4n) is 3.78. The highest BCUT2D eigenvalue weighted by Gasteiger charge is 2.21. The molecule has 3 rings (SSSR count). The lowest BCUT2D eigenvalue weighted by atomic mass is 10.1. The maximum atomic E-state index is 11.0. The molecule has 0 spiro atoms. The molecule has 1 heterocycles. The molecule has 1 aliphatic rings. The van der Waals surface area contributed by atoms with E-state index in [1.54, 1.807) is 7.11 Å². The van der Waals surface area contributed by atoms with E-state index in [0.717, 1.165) is 48.7 Å². The zero-order valence-corrected chi connectivity index (χ0v) is 17.7. The summed E-state index contributed by atoms with van der Waals surface area (Å²) in [7, 11) is 1.69. The molecular weight excluding hydrogens is 382 g/mol. The molecule has 1 fully saturated rings. The summed E-state index contributed by atoms with van der Waals surface area (Å²) < 4.78 is 11.3. The van der Waals surface area contributed by atoms with Crippen LogP contribution in [0.2, 0.25) is 0 Å². The number of amides is 1. The lowest BCUT2D eigenvalue weighted by Gasteiger charge is -2.37. The van der Waals surface area contributed by atoms with Crippen LogP contribution in [-0.4, -0.2) is 68.5 Å². The Morgan fingerprint density at radius 2 is 1.87 bits per heavy atom. The van der Waals surface area contributed by atoms with Gasteiger partial charge in [0, 0.05) is 32.7 Å². The fourth-order valence-corrected chi connectivity index (χ4v) is 3.78. The second-order valence-electron chi connectivity index (χ2n) is 7.67. The van der Waals surface area contributed by atoms with Crippen molar-refractivity contribution in [1.82, 2.24) is 4.90 Å². The van der Waals surface area contributed by atoms with Gasteiger partial charge in [-0.2, -0.15) is 0 Å². The molecule has 2 aromatic rings. The minimum absolute atomic E-state index is 0.213. The molecule has 2 aromatic carbocycles. The standard InChI is InChI=1S/C23H31N3O4/c1-17-13-18(14-23(24)28)7-8-21(17)30-16-19(27)15-25-9-11-26(12-10-25)20-5-3-4-6-22(20)29-2/h3-8,13,19,27H,9-12,14-16H2,1-2H3,(H2,24,28). The number of hydrogen-bond acceptors (Lipinski definition) is 6. The van der Waals surface area contributed by atoms with Crippen LogP contribution >= 0.6 is 0 Å². The summed E-state index contributed by atoms with van der Waals surface area (Å²) >= 11 is 0. The van der Waals surface area contributed by atoms with Crippen LogP contribution in [0, 0.1) is 6.92 Å². The smallest absolute Gasteiger partial charge is 0.221 e. The van der Waals surface area contributed by atoms with Crippen LogP contribution in [-0.2, 0) is 11.2 Å². The van der Waals surface area contributed by atoms with Gasteiger partial charge in [-0.15, -0.1) is 0 Å². The van der Waals surface area contributed by atoms with Crippen molar-refractivity contribution in [1.29, 1.82) is 0 Å². The van der Waals surface area contributed by atoms with Gasteiger partial charge in [-0.05, 0) is 36.2 Å². The second-order valence-corrected chi connectivity index (χ2v) is 7.67. The SMILES string of the molecule is COc1ccccc1N1CCN(CC(O)COc2ccc(CC(N)=O)cc2C)CC1. The molecule has 0 aromatic heterocycles. The number of nitrogens with two attached hydrogens (primary N) is 1. The molecule has 1 unspecified atom stereocenters. The lowest BCUT2D eigenvalue weighted by molar-refractivity contribution is -0.117. The average molecular weight is 414 g/mol. The number of para-hydroxylation sites is 2. The van der Waals surface area contributed by atoms with Gasteiger partial charge in [-0.3, -0.25) is 9.69 Å². The van der Waals surface area contributed by atoms with E-state index < -0.39 is 6.10 Å². The summed E-state index contributed by atoms with van der Waals surface area (Å²) in [6.45, 7) is 6.22. The summed E-state index contributed by atoms with van der Waals surface area (Å²) in [5, 5.41) is 10.4. The predicted octanol–water partition coefficient (Wildman–Crippen LogP) is 1.59. The first-order valence-electron chi connectivity index (χ1n) is 10.2. The average Bonchev–Trinajstić information content (AvgIpc) is 2.73. The van der Waals surface area contributed by atoms with Gasteiger partial charge in [-0.25, -0.2) is 0 Å². The maximum Gasteiger partial charge on any atom is 0.221 e. The van der Waals surface area contributed by atoms with Crippen LogP contribution in [0.25, 0.3) is 0 Å². The quantitative estimate of drug-likeness (QED) is 0.649. The van der Waals surface area contributed by atoms with Crippen LogP contribution in [0.4, 0.5) is 5.69 Å². The van der Waals surface area contributed by atoms with Crippen molar-refractivity contribution < 1.29 is 19.4 Å². The molecular formula is C23H31N3O4. The van der Waals surface area contributed by atoms with Crippen LogP contribution in [0.15, 0.2) is 42.5 Å². The number of aliphatic hydroxyl groups is 1. The molecule has 1 saturated heterocycles. The number of hydrogen-bond donors (Lipinski definition) is 2. The number of ether oxygens (including phenoxy) is 2. The lowest BCUT2D eigenvalue weighted by Crippen LogP contribution is -2.49. The maximum absolute atomic E-state index is 11.0. The normalized spacial score (nSPS) is 15.6. The monoisotopic (exact) mass is 413 g/mol. The summed E-state index contributed by atoms with van der Waals surface area (Å²) in [5.74, 6) is 1.24. The molecule has 1 atom stereocenters. The number of anilines is 1. The minimum Gasteiger partial charge on any atom is -0.495 e. The van der Waals surface area contributed by atoms with E-state index in [2.05, 4.69) is 15.9 Å². The number of primary amides is 1. The topological polar surface area (TPSA) is 88.3 Å². The number of piperazine rings is 1. The third-order valence-electron chi connectivity index (χ3n) is 5.32. The zero-order valence-electron chi connectivity index (χ0n) is 17.7. The van der Waals surface area contributed by atoms with Crippen molar-refractivity contribution in [2.75, 3.05) is 51.3 Å². The van der Waals surface area contributed by atoms with E-state index in [1.807, 2.05) is 43.3 Å².